The van der Waals surface area contributed by atoms with Crippen LogP contribution >= 0.6 is 0 Å². The number of hydrogen-bond donors (Lipinski definition) is 2. The van der Waals surface area contributed by atoms with E-state index in [1.807, 2.05) is 13.8 Å². The highest BCUT2D eigenvalue weighted by Crippen LogP contribution is 2.23. The summed E-state index contributed by atoms with van der Waals surface area (Å²) in [4.78, 5) is 22.7. The number of carbonyl (C=O) groups is 1. The second kappa shape index (κ2) is 5.63. The lowest BCUT2D eigenvalue weighted by Crippen LogP contribution is -2.31. The normalized spacial score (nSPS) is 11.4. The Kier molecular flexibility index (Phi) is 4.03. The van der Waals surface area contributed by atoms with Crippen molar-refractivity contribution in [3.05, 3.63) is 63.8 Å². The van der Waals surface area contributed by atoms with Gasteiger partial charge in [-0.25, -0.2) is 9.18 Å². The van der Waals surface area contributed by atoms with Crippen molar-refractivity contribution in [2.45, 2.75) is 25.8 Å². The molecule has 0 spiro atoms. The summed E-state index contributed by atoms with van der Waals surface area (Å²) in [5.41, 5.74) is -1.18. The van der Waals surface area contributed by atoms with Crippen LogP contribution in [0.15, 0.2) is 41.5 Å². The maximum Gasteiger partial charge on any atom is 0.341 e. The van der Waals surface area contributed by atoms with E-state index >= 15 is 0 Å². The lowest BCUT2D eigenvalue weighted by molar-refractivity contribution is 0.0693. The fraction of sp³-hybridized carbons (Fsp3) is 0.250. The molecule has 0 amide bonds. The standard InChI is InChI=1S/C16H16FNO4/c1-16(2,7-10-3-5-11(17)6-4-10)18-8-12(15(21)22)14(20)13(19)9-18/h3-6,8-9,19H,7H2,1-2H3,(H,21,22). The van der Waals surface area contributed by atoms with E-state index in [1.54, 1.807) is 12.1 Å². The van der Waals surface area contributed by atoms with Gasteiger partial charge in [-0.15, -0.1) is 0 Å². The zero-order chi connectivity index (χ0) is 16.5. The van der Waals surface area contributed by atoms with Crippen LogP contribution in [0.4, 0.5) is 4.39 Å². The molecule has 0 atom stereocenters. The van der Waals surface area contributed by atoms with Crippen molar-refractivity contribution in [1.82, 2.24) is 4.57 Å². The third-order valence-electron chi connectivity index (χ3n) is 3.49. The molecule has 2 rings (SSSR count). The Morgan fingerprint density at radius 2 is 1.82 bits per heavy atom. The number of nitrogens with zero attached hydrogens (tertiary/aromatic N) is 1. The van der Waals surface area contributed by atoms with Crippen molar-refractivity contribution in [2.24, 2.45) is 0 Å². The lowest BCUT2D eigenvalue weighted by atomic mass is 9.94. The Bertz CT molecular complexity index is 763. The number of pyridine rings is 1. The van der Waals surface area contributed by atoms with Gasteiger partial charge in [0.05, 0.1) is 6.20 Å². The second-order valence-electron chi connectivity index (χ2n) is 5.71. The number of aromatic carboxylic acids is 1. The summed E-state index contributed by atoms with van der Waals surface area (Å²) in [6.45, 7) is 3.65. The van der Waals surface area contributed by atoms with Gasteiger partial charge in [-0.05, 0) is 38.0 Å². The number of benzene rings is 1. The molecule has 22 heavy (non-hydrogen) atoms. The van der Waals surface area contributed by atoms with Gasteiger partial charge in [0, 0.05) is 11.7 Å². The number of halogens is 1. The Balaban J connectivity index is 2.42. The van der Waals surface area contributed by atoms with Crippen LogP contribution in [-0.2, 0) is 12.0 Å². The molecule has 1 aromatic heterocycles. The zero-order valence-corrected chi connectivity index (χ0v) is 12.2. The van der Waals surface area contributed by atoms with E-state index in [9.17, 15) is 19.1 Å². The Morgan fingerprint density at radius 3 is 2.36 bits per heavy atom. The molecule has 116 valence electrons. The van der Waals surface area contributed by atoms with E-state index in [2.05, 4.69) is 0 Å². The molecule has 2 aromatic rings. The van der Waals surface area contributed by atoms with E-state index in [0.717, 1.165) is 5.56 Å². The summed E-state index contributed by atoms with van der Waals surface area (Å²) in [7, 11) is 0. The summed E-state index contributed by atoms with van der Waals surface area (Å²) in [6.07, 6.45) is 2.88. The Morgan fingerprint density at radius 1 is 1.23 bits per heavy atom. The maximum atomic E-state index is 12.9. The van der Waals surface area contributed by atoms with Crippen molar-refractivity contribution in [1.29, 1.82) is 0 Å². The topological polar surface area (TPSA) is 79.5 Å². The largest absolute Gasteiger partial charge is 0.503 e. The van der Waals surface area contributed by atoms with Crippen molar-refractivity contribution in [3.63, 3.8) is 0 Å². The molecule has 0 saturated carbocycles. The summed E-state index contributed by atoms with van der Waals surface area (Å²) >= 11 is 0. The van der Waals surface area contributed by atoms with Crippen LogP contribution < -0.4 is 5.43 Å². The van der Waals surface area contributed by atoms with E-state index in [0.29, 0.717) is 6.42 Å². The van der Waals surface area contributed by atoms with E-state index < -0.39 is 28.2 Å². The SMILES string of the molecule is CC(C)(Cc1ccc(F)cc1)n1cc(O)c(=O)c(C(=O)O)c1. The third kappa shape index (κ3) is 3.16. The number of rotatable bonds is 4. The number of aromatic nitrogens is 1. The highest BCUT2D eigenvalue weighted by molar-refractivity contribution is 5.87. The van der Waals surface area contributed by atoms with Gasteiger partial charge in [0.15, 0.2) is 5.75 Å². The van der Waals surface area contributed by atoms with Gasteiger partial charge in [-0.3, -0.25) is 4.79 Å². The Hall–Kier alpha value is -2.63. The van der Waals surface area contributed by atoms with Crippen molar-refractivity contribution >= 4 is 5.97 Å². The summed E-state index contributed by atoms with van der Waals surface area (Å²) in [6, 6.07) is 5.96. The number of hydrogen-bond acceptors (Lipinski definition) is 3. The van der Waals surface area contributed by atoms with E-state index in [4.69, 9.17) is 5.11 Å². The quantitative estimate of drug-likeness (QED) is 0.909. The van der Waals surface area contributed by atoms with Gasteiger partial charge in [0.1, 0.15) is 11.4 Å². The highest BCUT2D eigenvalue weighted by Gasteiger charge is 2.23. The molecule has 0 radical (unpaired) electrons. The highest BCUT2D eigenvalue weighted by atomic mass is 19.1. The van der Waals surface area contributed by atoms with Crippen LogP contribution in [0.2, 0.25) is 0 Å². The maximum absolute atomic E-state index is 12.9. The van der Waals surface area contributed by atoms with Gasteiger partial charge >= 0.3 is 5.97 Å². The molecule has 0 bridgehead atoms. The minimum atomic E-state index is -1.40. The first-order chi connectivity index (χ1) is 10.2. The van der Waals surface area contributed by atoms with Crippen LogP contribution in [0.5, 0.6) is 5.75 Å². The predicted molar refractivity (Wildman–Crippen MR) is 78.8 cm³/mol. The van der Waals surface area contributed by atoms with Crippen LogP contribution in [-0.4, -0.2) is 20.7 Å². The molecule has 0 aliphatic rings. The molecule has 5 nitrogen and oxygen atoms in total. The summed E-state index contributed by atoms with van der Waals surface area (Å²) in [5, 5.41) is 18.7. The molecule has 6 heteroatoms. The molecule has 1 heterocycles. The van der Waals surface area contributed by atoms with Gasteiger partial charge < -0.3 is 14.8 Å². The minimum absolute atomic E-state index is 0.337. The third-order valence-corrected chi connectivity index (χ3v) is 3.49. The van der Waals surface area contributed by atoms with Crippen molar-refractivity contribution in [2.75, 3.05) is 0 Å². The van der Waals surface area contributed by atoms with Gasteiger partial charge in [0.2, 0.25) is 5.43 Å². The number of carboxylic acid groups (broad SMARTS) is 1. The fourth-order valence-corrected chi connectivity index (χ4v) is 2.26. The molecule has 0 aliphatic heterocycles. The first kappa shape index (κ1) is 15.8. The fourth-order valence-electron chi connectivity index (χ4n) is 2.26. The Labute approximate surface area is 126 Å². The molecular formula is C16H16FNO4. The average molecular weight is 305 g/mol. The molecule has 0 fully saturated rings. The van der Waals surface area contributed by atoms with Crippen LogP contribution in [0.3, 0.4) is 0 Å². The molecular weight excluding hydrogens is 289 g/mol. The lowest BCUT2D eigenvalue weighted by Gasteiger charge is -2.29. The number of carboxylic acids is 1. The van der Waals surface area contributed by atoms with Crippen molar-refractivity contribution < 1.29 is 19.4 Å². The first-order valence-corrected chi connectivity index (χ1v) is 6.64. The monoisotopic (exact) mass is 305 g/mol. The summed E-state index contributed by atoms with van der Waals surface area (Å²) < 4.78 is 14.4. The second-order valence-corrected chi connectivity index (χ2v) is 5.71. The van der Waals surface area contributed by atoms with Gasteiger partial charge in [0.25, 0.3) is 0 Å². The minimum Gasteiger partial charge on any atom is -0.503 e. The molecule has 0 saturated heterocycles. The van der Waals surface area contributed by atoms with E-state index in [-0.39, 0.29) is 5.82 Å². The summed E-state index contributed by atoms with van der Waals surface area (Å²) in [5.74, 6) is -2.35. The first-order valence-electron chi connectivity index (χ1n) is 6.64. The zero-order valence-electron chi connectivity index (χ0n) is 12.2. The van der Waals surface area contributed by atoms with Crippen LogP contribution in [0, 0.1) is 5.82 Å². The average Bonchev–Trinajstić information content (AvgIpc) is 2.43. The van der Waals surface area contributed by atoms with Crippen molar-refractivity contribution in [3.8, 4) is 5.75 Å². The van der Waals surface area contributed by atoms with Gasteiger partial charge in [-0.1, -0.05) is 12.1 Å². The molecule has 0 unspecified atom stereocenters. The molecule has 0 aliphatic carbocycles. The predicted octanol–water partition coefficient (Wildman–Crippen LogP) is 2.37. The van der Waals surface area contributed by atoms with Crippen LogP contribution in [0.1, 0.15) is 29.8 Å². The number of aromatic hydroxyl groups is 1. The van der Waals surface area contributed by atoms with Gasteiger partial charge in [-0.2, -0.15) is 0 Å². The van der Waals surface area contributed by atoms with Crippen LogP contribution in [0.25, 0.3) is 0 Å². The molecule has 1 aromatic carbocycles. The molecule has 2 N–H and O–H groups in total. The van der Waals surface area contributed by atoms with E-state index in [1.165, 1.54) is 29.1 Å². The smallest absolute Gasteiger partial charge is 0.341 e.